The minimum Gasteiger partial charge on any atom is -0.318 e. The van der Waals surface area contributed by atoms with Crippen LogP contribution in [-0.2, 0) is 0 Å². The molecule has 0 radical (unpaired) electrons. The van der Waals surface area contributed by atoms with E-state index in [1.165, 1.54) is 4.88 Å². The van der Waals surface area contributed by atoms with Crippen molar-refractivity contribution in [2.24, 2.45) is 5.73 Å². The van der Waals surface area contributed by atoms with E-state index in [2.05, 4.69) is 10.4 Å². The fraction of sp³-hybridized carbons (Fsp3) is 0.222. The largest absolute Gasteiger partial charge is 0.318 e. The molecule has 4 heteroatoms. The number of nitrogens with two attached hydrogens (primary N) is 1. The molecule has 0 aliphatic rings. The highest BCUT2D eigenvalue weighted by atomic mass is 32.1. The highest BCUT2D eigenvalue weighted by molar-refractivity contribution is 7.11. The summed E-state index contributed by atoms with van der Waals surface area (Å²) in [7, 11) is 0. The number of nitrogens with zero attached hydrogens (tertiary/aromatic N) is 1. The number of hydrogen-bond donors (Lipinski definition) is 1. The van der Waals surface area contributed by atoms with Crippen LogP contribution < -0.4 is 5.73 Å². The van der Waals surface area contributed by atoms with Crippen molar-refractivity contribution in [3.05, 3.63) is 38.5 Å². The summed E-state index contributed by atoms with van der Waals surface area (Å²) in [6, 6.07) is 2.00. The van der Waals surface area contributed by atoms with Crippen LogP contribution in [0.1, 0.15) is 21.5 Å². The Bertz CT molecular complexity index is 378. The Labute approximate surface area is 85.1 Å². The lowest BCUT2D eigenvalue weighted by atomic mass is 10.2. The van der Waals surface area contributed by atoms with Crippen LogP contribution in [0.4, 0.5) is 0 Å². The molecule has 0 aliphatic heterocycles. The standard InChI is InChI=1S/C9H10N2S2/c1-6-4-11-9(13-6)8(10)7-2-3-12-5-7/h2-5,8H,10H2,1H3. The zero-order chi connectivity index (χ0) is 9.26. The molecule has 0 saturated heterocycles. The summed E-state index contributed by atoms with van der Waals surface area (Å²) in [6.45, 7) is 2.04. The number of aryl methyl sites for hydroxylation is 1. The molecule has 2 aromatic heterocycles. The van der Waals surface area contributed by atoms with Crippen molar-refractivity contribution in [3.8, 4) is 0 Å². The highest BCUT2D eigenvalue weighted by Crippen LogP contribution is 2.24. The minimum absolute atomic E-state index is 0.0510. The summed E-state index contributed by atoms with van der Waals surface area (Å²) in [6.07, 6.45) is 1.87. The van der Waals surface area contributed by atoms with Gasteiger partial charge in [-0.3, -0.25) is 0 Å². The monoisotopic (exact) mass is 210 g/mol. The molecule has 2 nitrogen and oxygen atoms in total. The van der Waals surface area contributed by atoms with Crippen LogP contribution in [0.25, 0.3) is 0 Å². The van der Waals surface area contributed by atoms with Crippen LogP contribution in [0, 0.1) is 6.92 Å². The van der Waals surface area contributed by atoms with Gasteiger partial charge in [0, 0.05) is 11.1 Å². The summed E-state index contributed by atoms with van der Waals surface area (Å²) >= 11 is 3.33. The molecule has 0 aromatic carbocycles. The van der Waals surface area contributed by atoms with Crippen molar-refractivity contribution in [3.63, 3.8) is 0 Å². The second-order valence-corrected chi connectivity index (χ2v) is 4.89. The van der Waals surface area contributed by atoms with Crippen LogP contribution in [0.2, 0.25) is 0 Å². The second-order valence-electron chi connectivity index (χ2n) is 2.84. The molecule has 0 amide bonds. The molecule has 0 saturated carbocycles. The van der Waals surface area contributed by atoms with Gasteiger partial charge in [-0.2, -0.15) is 11.3 Å². The van der Waals surface area contributed by atoms with Crippen molar-refractivity contribution >= 4 is 22.7 Å². The Hall–Kier alpha value is -0.710. The molecular formula is C9H10N2S2. The number of hydrogen-bond acceptors (Lipinski definition) is 4. The molecule has 0 fully saturated rings. The Kier molecular flexibility index (Phi) is 2.44. The van der Waals surface area contributed by atoms with Crippen molar-refractivity contribution < 1.29 is 0 Å². The van der Waals surface area contributed by atoms with Crippen molar-refractivity contribution in [2.45, 2.75) is 13.0 Å². The van der Waals surface area contributed by atoms with E-state index in [0.717, 1.165) is 10.6 Å². The van der Waals surface area contributed by atoms with E-state index in [1.54, 1.807) is 22.7 Å². The molecule has 2 aromatic rings. The lowest BCUT2D eigenvalue weighted by molar-refractivity contribution is 0.862. The summed E-state index contributed by atoms with van der Waals surface area (Å²) in [4.78, 5) is 5.48. The second kappa shape index (κ2) is 3.57. The van der Waals surface area contributed by atoms with Gasteiger partial charge in [-0.1, -0.05) is 0 Å². The zero-order valence-corrected chi connectivity index (χ0v) is 8.86. The summed E-state index contributed by atoms with van der Waals surface area (Å²) in [5.74, 6) is 0. The average molecular weight is 210 g/mol. The molecule has 1 unspecified atom stereocenters. The van der Waals surface area contributed by atoms with Gasteiger partial charge >= 0.3 is 0 Å². The fourth-order valence-electron chi connectivity index (χ4n) is 1.11. The number of rotatable bonds is 2. The first-order chi connectivity index (χ1) is 6.27. The molecule has 2 N–H and O–H groups in total. The third kappa shape index (κ3) is 1.80. The molecule has 68 valence electrons. The van der Waals surface area contributed by atoms with Gasteiger partial charge < -0.3 is 5.73 Å². The molecule has 13 heavy (non-hydrogen) atoms. The predicted molar refractivity (Wildman–Crippen MR) is 57.2 cm³/mol. The maximum absolute atomic E-state index is 6.03. The van der Waals surface area contributed by atoms with Gasteiger partial charge in [0.2, 0.25) is 0 Å². The fourth-order valence-corrected chi connectivity index (χ4v) is 2.61. The van der Waals surface area contributed by atoms with Crippen LogP contribution in [0.3, 0.4) is 0 Å². The van der Waals surface area contributed by atoms with Crippen LogP contribution in [0.15, 0.2) is 23.0 Å². The van der Waals surface area contributed by atoms with Gasteiger partial charge in [-0.05, 0) is 29.3 Å². The lowest BCUT2D eigenvalue weighted by Gasteiger charge is -2.04. The van der Waals surface area contributed by atoms with E-state index in [1.807, 2.05) is 24.6 Å². The number of aromatic nitrogens is 1. The normalized spacial score (nSPS) is 13.1. The van der Waals surface area contributed by atoms with Crippen molar-refractivity contribution in [1.82, 2.24) is 4.98 Å². The van der Waals surface area contributed by atoms with E-state index >= 15 is 0 Å². The third-order valence-electron chi connectivity index (χ3n) is 1.81. The topological polar surface area (TPSA) is 38.9 Å². The van der Waals surface area contributed by atoms with Gasteiger partial charge in [-0.25, -0.2) is 4.98 Å². The van der Waals surface area contributed by atoms with Gasteiger partial charge in [0.25, 0.3) is 0 Å². The molecule has 0 bridgehead atoms. The summed E-state index contributed by atoms with van der Waals surface area (Å²) in [5, 5.41) is 5.10. The zero-order valence-electron chi connectivity index (χ0n) is 7.23. The minimum atomic E-state index is -0.0510. The average Bonchev–Trinajstić information content (AvgIpc) is 2.72. The first kappa shape index (κ1) is 8.87. The van der Waals surface area contributed by atoms with Gasteiger partial charge in [0.05, 0.1) is 6.04 Å². The van der Waals surface area contributed by atoms with E-state index in [9.17, 15) is 0 Å². The molecule has 2 rings (SSSR count). The lowest BCUT2D eigenvalue weighted by Crippen LogP contribution is -2.09. The number of thiazole rings is 1. The first-order valence-electron chi connectivity index (χ1n) is 3.97. The molecule has 0 aliphatic carbocycles. The van der Waals surface area contributed by atoms with Crippen molar-refractivity contribution in [1.29, 1.82) is 0 Å². The quantitative estimate of drug-likeness (QED) is 0.827. The van der Waals surface area contributed by atoms with Crippen molar-refractivity contribution in [2.75, 3.05) is 0 Å². The van der Waals surface area contributed by atoms with Gasteiger partial charge in [0.15, 0.2) is 0 Å². The van der Waals surface area contributed by atoms with E-state index in [-0.39, 0.29) is 6.04 Å². The maximum Gasteiger partial charge on any atom is 0.114 e. The van der Waals surface area contributed by atoms with Crippen LogP contribution in [0.5, 0.6) is 0 Å². The Morgan fingerprint density at radius 1 is 1.54 bits per heavy atom. The number of thiophene rings is 1. The van der Waals surface area contributed by atoms with Crippen LogP contribution in [-0.4, -0.2) is 4.98 Å². The molecule has 0 spiro atoms. The van der Waals surface area contributed by atoms with E-state index < -0.39 is 0 Å². The Morgan fingerprint density at radius 3 is 2.92 bits per heavy atom. The molecular weight excluding hydrogens is 200 g/mol. The maximum atomic E-state index is 6.03. The smallest absolute Gasteiger partial charge is 0.114 e. The van der Waals surface area contributed by atoms with Gasteiger partial charge in [-0.15, -0.1) is 11.3 Å². The highest BCUT2D eigenvalue weighted by Gasteiger charge is 2.12. The molecule has 1 atom stereocenters. The Balaban J connectivity index is 2.28. The van der Waals surface area contributed by atoms with Gasteiger partial charge in [0.1, 0.15) is 5.01 Å². The summed E-state index contributed by atoms with van der Waals surface area (Å²) < 4.78 is 0. The predicted octanol–water partition coefficient (Wildman–Crippen LogP) is 2.56. The SMILES string of the molecule is Cc1cnc(C(N)c2ccsc2)s1. The third-order valence-corrected chi connectivity index (χ3v) is 3.50. The first-order valence-corrected chi connectivity index (χ1v) is 5.73. The van der Waals surface area contributed by atoms with Crippen LogP contribution >= 0.6 is 22.7 Å². The molecule has 2 heterocycles. The Morgan fingerprint density at radius 2 is 2.38 bits per heavy atom. The van der Waals surface area contributed by atoms with E-state index in [4.69, 9.17) is 5.73 Å². The van der Waals surface area contributed by atoms with E-state index in [0.29, 0.717) is 0 Å². The summed E-state index contributed by atoms with van der Waals surface area (Å²) in [5.41, 5.74) is 7.18.